The molecule has 1 heterocycles. The monoisotopic (exact) mass is 236 g/mol. The zero-order chi connectivity index (χ0) is 12.1. The Hall–Kier alpha value is -0.0800. The molecule has 2 saturated carbocycles. The molecule has 2 nitrogen and oxygen atoms in total. The summed E-state index contributed by atoms with van der Waals surface area (Å²) in [6, 6.07) is 1.49. The Kier molecular flexibility index (Phi) is 2.79. The minimum absolute atomic E-state index is 0.537. The van der Waals surface area contributed by atoms with E-state index in [0.29, 0.717) is 10.8 Å². The van der Waals surface area contributed by atoms with E-state index in [0.717, 1.165) is 18.0 Å². The van der Waals surface area contributed by atoms with Crippen LogP contribution < -0.4 is 10.6 Å². The first-order valence-electron chi connectivity index (χ1n) is 7.51. The van der Waals surface area contributed by atoms with E-state index in [-0.39, 0.29) is 0 Å². The zero-order valence-electron chi connectivity index (χ0n) is 11.7. The summed E-state index contributed by atoms with van der Waals surface area (Å²) in [6.07, 6.45) is 7.02. The van der Waals surface area contributed by atoms with Crippen molar-refractivity contribution in [1.82, 2.24) is 10.6 Å². The zero-order valence-corrected chi connectivity index (χ0v) is 11.7. The number of fused-ring (bicyclic) bond motifs is 2. The maximum Gasteiger partial charge on any atom is 0.0195 e. The van der Waals surface area contributed by atoms with Crippen LogP contribution in [0.1, 0.15) is 52.9 Å². The summed E-state index contributed by atoms with van der Waals surface area (Å²) in [6.45, 7) is 9.94. The van der Waals surface area contributed by atoms with Gasteiger partial charge < -0.3 is 10.6 Å². The molecule has 2 aliphatic carbocycles. The van der Waals surface area contributed by atoms with Crippen molar-refractivity contribution < 1.29 is 0 Å². The summed E-state index contributed by atoms with van der Waals surface area (Å²) < 4.78 is 0. The molecule has 0 spiro atoms. The summed E-state index contributed by atoms with van der Waals surface area (Å²) in [5.41, 5.74) is 1.09. The smallest absolute Gasteiger partial charge is 0.0195 e. The topological polar surface area (TPSA) is 24.1 Å². The van der Waals surface area contributed by atoms with Crippen molar-refractivity contribution in [2.24, 2.45) is 16.7 Å². The Morgan fingerprint density at radius 2 is 2.00 bits per heavy atom. The van der Waals surface area contributed by atoms with Crippen molar-refractivity contribution in [2.45, 2.75) is 65.0 Å². The van der Waals surface area contributed by atoms with E-state index in [4.69, 9.17) is 0 Å². The predicted molar refractivity (Wildman–Crippen MR) is 72.0 cm³/mol. The number of hydrogen-bond donors (Lipinski definition) is 2. The summed E-state index contributed by atoms with van der Waals surface area (Å²) in [5, 5.41) is 7.51. The molecule has 0 aromatic carbocycles. The largest absolute Gasteiger partial charge is 0.315 e. The number of hydrogen-bond acceptors (Lipinski definition) is 2. The Morgan fingerprint density at radius 3 is 2.53 bits per heavy atom. The first kappa shape index (κ1) is 12.0. The van der Waals surface area contributed by atoms with E-state index >= 15 is 0 Å². The molecule has 2 bridgehead atoms. The molecule has 1 aliphatic heterocycles. The molecule has 4 atom stereocenters. The van der Waals surface area contributed by atoms with Crippen LogP contribution in [-0.2, 0) is 0 Å². The molecular formula is C15H28N2. The van der Waals surface area contributed by atoms with Crippen molar-refractivity contribution in [2.75, 3.05) is 13.1 Å². The predicted octanol–water partition coefficient (Wildman–Crippen LogP) is 2.54. The fraction of sp³-hybridized carbons (Fsp3) is 1.00. The van der Waals surface area contributed by atoms with E-state index in [1.807, 2.05) is 0 Å². The fourth-order valence-electron chi connectivity index (χ4n) is 4.73. The number of piperidine rings is 1. The SMILES string of the molecule is CC1(C)C2CCC1(C)C(NC1CCCNC1)C2. The van der Waals surface area contributed by atoms with E-state index < -0.39 is 0 Å². The molecule has 1 saturated heterocycles. The highest BCUT2D eigenvalue weighted by atomic mass is 15.1. The third-order valence-electron chi connectivity index (χ3n) is 6.53. The van der Waals surface area contributed by atoms with Gasteiger partial charge in [-0.1, -0.05) is 20.8 Å². The molecule has 2 N–H and O–H groups in total. The molecule has 3 fully saturated rings. The first-order valence-corrected chi connectivity index (χ1v) is 7.51. The second-order valence-electron chi connectivity index (χ2n) is 7.37. The van der Waals surface area contributed by atoms with Gasteiger partial charge in [-0.25, -0.2) is 0 Å². The molecule has 0 amide bonds. The standard InChI is InChI=1S/C15H28N2/c1-14(2)11-6-7-15(14,3)13(9-11)17-12-5-4-8-16-10-12/h11-13,16-17H,4-10H2,1-3H3. The van der Waals surface area contributed by atoms with Crippen molar-refractivity contribution in [3.8, 4) is 0 Å². The van der Waals surface area contributed by atoms with Gasteiger partial charge in [0.25, 0.3) is 0 Å². The van der Waals surface area contributed by atoms with Crippen LogP contribution >= 0.6 is 0 Å². The van der Waals surface area contributed by atoms with E-state index in [9.17, 15) is 0 Å². The average Bonchev–Trinajstić information content (AvgIpc) is 2.63. The third-order valence-corrected chi connectivity index (χ3v) is 6.53. The second-order valence-corrected chi connectivity index (χ2v) is 7.37. The normalized spacial score (nSPS) is 48.5. The molecule has 3 aliphatic rings. The maximum atomic E-state index is 3.98. The van der Waals surface area contributed by atoms with Gasteiger partial charge in [0.05, 0.1) is 0 Å². The van der Waals surface area contributed by atoms with Gasteiger partial charge in [-0.3, -0.25) is 0 Å². The molecule has 4 unspecified atom stereocenters. The highest BCUT2D eigenvalue weighted by molar-refractivity contribution is 5.13. The highest BCUT2D eigenvalue weighted by Gasteiger charge is 2.61. The minimum atomic E-state index is 0.537. The van der Waals surface area contributed by atoms with Gasteiger partial charge in [-0.2, -0.15) is 0 Å². The molecule has 98 valence electrons. The quantitative estimate of drug-likeness (QED) is 0.770. The summed E-state index contributed by atoms with van der Waals surface area (Å²) >= 11 is 0. The van der Waals surface area contributed by atoms with Crippen molar-refractivity contribution in [3.63, 3.8) is 0 Å². The van der Waals surface area contributed by atoms with Crippen LogP contribution in [0.5, 0.6) is 0 Å². The van der Waals surface area contributed by atoms with Crippen molar-refractivity contribution in [3.05, 3.63) is 0 Å². The Bertz CT molecular complexity index is 293. The first-order chi connectivity index (χ1) is 8.04. The van der Waals surface area contributed by atoms with Crippen LogP contribution in [-0.4, -0.2) is 25.2 Å². The number of nitrogens with one attached hydrogen (secondary N) is 2. The van der Waals surface area contributed by atoms with E-state index in [1.165, 1.54) is 45.2 Å². The minimum Gasteiger partial charge on any atom is -0.315 e. The van der Waals surface area contributed by atoms with Crippen LogP contribution in [0.25, 0.3) is 0 Å². The summed E-state index contributed by atoms with van der Waals surface area (Å²) in [5.74, 6) is 0.960. The lowest BCUT2D eigenvalue weighted by molar-refractivity contribution is 0.112. The van der Waals surface area contributed by atoms with Crippen LogP contribution in [0.15, 0.2) is 0 Å². The van der Waals surface area contributed by atoms with Crippen LogP contribution in [0.4, 0.5) is 0 Å². The van der Waals surface area contributed by atoms with Crippen LogP contribution in [0.2, 0.25) is 0 Å². The molecule has 0 aromatic rings. The summed E-state index contributed by atoms with van der Waals surface area (Å²) in [7, 11) is 0. The van der Waals surface area contributed by atoms with Gasteiger partial charge in [0.15, 0.2) is 0 Å². The molecule has 0 aromatic heterocycles. The van der Waals surface area contributed by atoms with Crippen LogP contribution in [0.3, 0.4) is 0 Å². The molecule has 17 heavy (non-hydrogen) atoms. The second kappa shape index (κ2) is 3.96. The maximum absolute atomic E-state index is 3.98. The lowest BCUT2D eigenvalue weighted by Gasteiger charge is -2.41. The lowest BCUT2D eigenvalue weighted by atomic mass is 9.69. The van der Waals surface area contributed by atoms with E-state index in [2.05, 4.69) is 31.4 Å². The molecule has 2 heteroatoms. The van der Waals surface area contributed by atoms with Gasteiger partial charge >= 0.3 is 0 Å². The van der Waals surface area contributed by atoms with Gasteiger partial charge in [-0.05, 0) is 55.4 Å². The van der Waals surface area contributed by atoms with Gasteiger partial charge in [0.1, 0.15) is 0 Å². The van der Waals surface area contributed by atoms with Crippen molar-refractivity contribution >= 4 is 0 Å². The van der Waals surface area contributed by atoms with Gasteiger partial charge in [-0.15, -0.1) is 0 Å². The van der Waals surface area contributed by atoms with Gasteiger partial charge in [0, 0.05) is 18.6 Å². The molecular weight excluding hydrogens is 208 g/mol. The average molecular weight is 236 g/mol. The Balaban J connectivity index is 1.69. The Labute approximate surface area is 106 Å². The molecule has 3 rings (SSSR count). The fourth-order valence-corrected chi connectivity index (χ4v) is 4.73. The van der Waals surface area contributed by atoms with E-state index in [1.54, 1.807) is 0 Å². The highest BCUT2D eigenvalue weighted by Crippen LogP contribution is 2.65. The van der Waals surface area contributed by atoms with Crippen molar-refractivity contribution in [1.29, 1.82) is 0 Å². The van der Waals surface area contributed by atoms with Crippen LogP contribution in [0, 0.1) is 16.7 Å². The molecule has 0 radical (unpaired) electrons. The summed E-state index contributed by atoms with van der Waals surface area (Å²) in [4.78, 5) is 0. The number of rotatable bonds is 2. The lowest BCUT2D eigenvalue weighted by Crippen LogP contribution is -2.52. The Morgan fingerprint density at radius 1 is 1.18 bits per heavy atom. The third kappa shape index (κ3) is 1.67. The van der Waals surface area contributed by atoms with Gasteiger partial charge in [0.2, 0.25) is 0 Å².